The molecule has 0 aliphatic carbocycles. The van der Waals surface area contributed by atoms with Crippen LogP contribution in [0.5, 0.6) is 0 Å². The Morgan fingerprint density at radius 2 is 0.617 bits per heavy atom. The summed E-state index contributed by atoms with van der Waals surface area (Å²) in [6.07, 6.45) is 0.750. The molecule has 9 rings (SSSR count). The molecule has 1 amide bonds. The maximum Gasteiger partial charge on any atom is 0.209 e. The zero-order valence-corrected chi connectivity index (χ0v) is 42.1. The average Bonchev–Trinajstić information content (AvgIpc) is 4.07. The second-order valence-electron chi connectivity index (χ2n) is 13.3. The minimum absolute atomic E-state index is 0. The van der Waals surface area contributed by atoms with Crippen LogP contribution in [0.15, 0.2) is 163 Å². The van der Waals surface area contributed by atoms with Gasteiger partial charge >= 0.3 is 0 Å². The van der Waals surface area contributed by atoms with Gasteiger partial charge in [0, 0.05) is 201 Å². The number of aliphatic hydroxyl groups excluding tert-OH is 1. The first kappa shape index (κ1) is 45.0. The Balaban J connectivity index is 0.000000705. The van der Waals surface area contributed by atoms with Crippen molar-refractivity contribution in [2.45, 2.75) is 0 Å². The van der Waals surface area contributed by atoms with E-state index in [0.717, 1.165) is 123 Å². The Labute approximate surface area is 397 Å². The van der Waals surface area contributed by atoms with Gasteiger partial charge in [0.1, 0.15) is 17.9 Å². The summed E-state index contributed by atoms with van der Waals surface area (Å²) in [7, 11) is 4.38. The summed E-state index contributed by atoms with van der Waals surface area (Å²) < 4.78 is 3.36. The molecule has 0 fully saturated rings. The van der Waals surface area contributed by atoms with Crippen molar-refractivity contribution in [2.24, 2.45) is 0 Å². The maximum absolute atomic E-state index is 9.43. The van der Waals surface area contributed by atoms with Crippen molar-refractivity contribution < 1.29 is 29.4 Å². The number of carbonyl (C=O) groups excluding carboxylic acids is 1. The first-order valence-electron chi connectivity index (χ1n) is 18.3. The molecule has 0 saturated carbocycles. The zero-order chi connectivity index (χ0) is 41.6. The van der Waals surface area contributed by atoms with Crippen LogP contribution in [0.2, 0.25) is 0 Å². The zero-order valence-electron chi connectivity index (χ0n) is 32.7. The molecule has 4 aromatic heterocycles. The van der Waals surface area contributed by atoms with Crippen LogP contribution in [-0.2, 0) is 24.3 Å². The van der Waals surface area contributed by atoms with Gasteiger partial charge in [-0.2, -0.15) is 0 Å². The standard InChI is InChI=1S/C44H24Br4N4.C3H7NO.CH4O.Zn/c45-37-38(46)42-35(27-17-9-3-10-18-27)31-23-24-32(50-31)36(28-19-11-4-12-20-28)44-40(48)39(47)43(52-44)34(26-15-7-2-8-16-26)30-22-21-29(49-30)33(41(37)51-42)25-13-5-1-6-14-25;1-4(2)3-5;1-2;/h1-24H;3H,1-2H3;2H,1H3;. The molecule has 0 unspecified atom stereocenters. The van der Waals surface area contributed by atoms with Gasteiger partial charge in [0.15, 0.2) is 0 Å². The van der Waals surface area contributed by atoms with Crippen LogP contribution in [0.3, 0.4) is 0 Å². The fraction of sp³-hybridized carbons (Fsp3) is 0.0625. The second-order valence-corrected chi connectivity index (χ2v) is 16.5. The van der Waals surface area contributed by atoms with Gasteiger partial charge in [-0.1, -0.05) is 0 Å². The largest absolute Gasteiger partial charge is 0.628 e. The number of carbonyl (C=O) groups is 1. The molecule has 1 aliphatic rings. The Kier molecular flexibility index (Phi) is 15.3. The Morgan fingerprint density at radius 1 is 0.417 bits per heavy atom. The van der Waals surface area contributed by atoms with Gasteiger partial charge in [-0.15, -0.1) is 0 Å². The number of aliphatic hydroxyl groups is 1. The summed E-state index contributed by atoms with van der Waals surface area (Å²) in [5, 5.41) is 7.00. The number of fused-ring (bicyclic) bond motifs is 8. The molecule has 4 aromatic carbocycles. The van der Waals surface area contributed by atoms with E-state index < -0.39 is 0 Å². The molecule has 0 atom stereocenters. The molecule has 60 heavy (non-hydrogen) atoms. The van der Waals surface area contributed by atoms with Crippen LogP contribution >= 0.6 is 63.7 Å². The van der Waals surface area contributed by atoms with E-state index in [9.17, 15) is 4.79 Å². The van der Waals surface area contributed by atoms with E-state index in [1.807, 2.05) is 72.8 Å². The molecule has 0 radical (unpaired) electrons. The molecule has 1 aliphatic heterocycles. The van der Waals surface area contributed by atoms with E-state index in [0.29, 0.717) is 0 Å². The van der Waals surface area contributed by atoms with Crippen molar-refractivity contribution in [3.63, 3.8) is 0 Å². The van der Waals surface area contributed by atoms with Gasteiger partial charge in [-0.05, 0) is 118 Å². The van der Waals surface area contributed by atoms with Crippen LogP contribution in [0.1, 0.15) is 67.8 Å². The van der Waals surface area contributed by atoms with Crippen molar-refractivity contribution in [1.29, 1.82) is 0 Å². The minimum atomic E-state index is 0. The number of rotatable bonds is 5. The molecule has 0 saturated heterocycles. The van der Waals surface area contributed by atoms with E-state index >= 15 is 0 Å². The summed E-state index contributed by atoms with van der Waals surface area (Å²) in [5.41, 5.74) is 10.3. The number of hydrogen-bond donors (Lipinski definition) is 1. The van der Waals surface area contributed by atoms with Gasteiger partial charge in [-0.3, -0.25) is 4.79 Å². The summed E-state index contributed by atoms with van der Waals surface area (Å²) >= 11 is 15.9. The smallest absolute Gasteiger partial charge is 0.209 e. The summed E-state index contributed by atoms with van der Waals surface area (Å²) in [5.74, 6) is 3.63. The predicted molar refractivity (Wildman–Crippen MR) is 246 cm³/mol. The van der Waals surface area contributed by atoms with Gasteiger partial charge in [0.05, 0.1) is 22.3 Å². The van der Waals surface area contributed by atoms with Crippen molar-refractivity contribution >= 4 is 70.1 Å². The second kappa shape index (κ2) is 20.3. The number of benzene rings is 4. The van der Waals surface area contributed by atoms with Gasteiger partial charge in [0.25, 0.3) is 0 Å². The van der Waals surface area contributed by atoms with Gasteiger partial charge < -0.3 is 29.9 Å². The molecular formula is C48H35Br4N5O2Zn. The number of nitrogens with zero attached hydrogens (tertiary/aromatic N) is 5. The Bertz CT molecular complexity index is 2270. The number of aromatic nitrogens is 4. The normalized spacial score (nSPS) is 11.8. The maximum atomic E-state index is 9.43. The fourth-order valence-corrected chi connectivity index (χ4v) is 8.72. The van der Waals surface area contributed by atoms with Crippen molar-refractivity contribution in [3.8, 4) is 0 Å². The van der Waals surface area contributed by atoms with E-state index in [-0.39, 0.29) is 19.5 Å². The van der Waals surface area contributed by atoms with Crippen LogP contribution in [0.4, 0.5) is 0 Å². The number of halogens is 4. The Morgan fingerprint density at radius 3 is 0.800 bits per heavy atom. The molecule has 294 valence electrons. The molecular weight excluding hydrogens is 1060 g/mol. The molecule has 0 spiro atoms. The van der Waals surface area contributed by atoms with Crippen LogP contribution in [0, 0.1) is 23.7 Å². The average molecular weight is 1100 g/mol. The summed E-state index contributed by atoms with van der Waals surface area (Å²) in [6.45, 7) is 0. The first-order valence-corrected chi connectivity index (χ1v) is 21.5. The van der Waals surface area contributed by atoms with E-state index in [1.54, 1.807) is 14.1 Å². The van der Waals surface area contributed by atoms with Crippen LogP contribution in [0.25, 0.3) is 0 Å². The number of amides is 1. The van der Waals surface area contributed by atoms with Gasteiger partial charge in [-0.25, -0.2) is 0 Å². The predicted octanol–water partition coefficient (Wildman–Crippen LogP) is 10.3. The third kappa shape index (κ3) is 9.05. The van der Waals surface area contributed by atoms with E-state index in [2.05, 4.69) is 137 Å². The third-order valence-corrected chi connectivity index (χ3v) is 13.5. The molecule has 8 bridgehead atoms. The third-order valence-electron chi connectivity index (χ3n) is 9.38. The fourth-order valence-electron chi connectivity index (χ4n) is 6.82. The van der Waals surface area contributed by atoms with Crippen molar-refractivity contribution in [1.82, 2.24) is 24.8 Å². The van der Waals surface area contributed by atoms with Crippen LogP contribution < -0.4 is 19.9 Å². The van der Waals surface area contributed by atoms with Gasteiger partial charge in [0.2, 0.25) is 6.41 Å². The van der Waals surface area contributed by atoms with E-state index in [4.69, 9.17) is 25.0 Å². The van der Waals surface area contributed by atoms with Crippen LogP contribution in [-0.4, -0.2) is 37.6 Å². The molecule has 8 aromatic rings. The topological polar surface area (TPSA) is 96.9 Å². The molecule has 7 nitrogen and oxygen atoms in total. The molecule has 5 heterocycles. The summed E-state index contributed by atoms with van der Waals surface area (Å²) in [6, 6.07) is 49.6. The van der Waals surface area contributed by atoms with Crippen molar-refractivity contribution in [2.75, 3.05) is 21.2 Å². The number of hydrogen-bond acceptors (Lipinski definition) is 2. The van der Waals surface area contributed by atoms with Crippen molar-refractivity contribution in [3.05, 3.63) is 255 Å². The molecule has 12 heteroatoms. The minimum Gasteiger partial charge on any atom is -0.628 e. The quantitative estimate of drug-likeness (QED) is 0.105. The Hall–Kier alpha value is -4.55. The van der Waals surface area contributed by atoms with E-state index in [1.165, 1.54) is 4.90 Å². The first-order chi connectivity index (χ1) is 28.7. The molecule has 1 N–H and O–H groups in total. The SMILES string of the molecule is Brc1c2[n-]c(c1Br)[C+](c1ccccc1)c1ccc([n-]1)[C+](c1ccccc1)c1[n-]c(c(Br)c1Br)[C+](c1ccccc1)c1ccc([n-]1)[C+]2c1ccccc1.CN(C)C=O.CO.[Zn]. The summed E-state index contributed by atoms with van der Waals surface area (Å²) in [4.78, 5) is 32.5. The monoisotopic (exact) mass is 1090 g/mol.